The van der Waals surface area contributed by atoms with Gasteiger partial charge in [-0.25, -0.2) is 0 Å². The van der Waals surface area contributed by atoms with Gasteiger partial charge in [-0.2, -0.15) is 7.05 Å². The SMILES string of the molecule is C[N-]CCCOCCCOCCCC(C)C.[V]. The van der Waals surface area contributed by atoms with Crippen molar-refractivity contribution in [1.82, 2.24) is 0 Å². The fourth-order valence-electron chi connectivity index (χ4n) is 1.39. The third kappa shape index (κ3) is 19.0. The minimum Gasteiger partial charge on any atom is -0.665 e. The predicted octanol–water partition coefficient (Wildman–Crippen LogP) is 3.24. The van der Waals surface area contributed by atoms with Crippen molar-refractivity contribution in [2.45, 2.75) is 39.5 Å². The number of nitrogens with zero attached hydrogens (tertiary/aromatic N) is 1. The van der Waals surface area contributed by atoms with Gasteiger partial charge in [-0.1, -0.05) is 13.8 Å². The molecule has 4 heteroatoms. The van der Waals surface area contributed by atoms with Gasteiger partial charge >= 0.3 is 0 Å². The van der Waals surface area contributed by atoms with E-state index in [1.165, 1.54) is 12.8 Å². The molecule has 0 aliphatic rings. The van der Waals surface area contributed by atoms with Crippen molar-refractivity contribution in [2.75, 3.05) is 40.0 Å². The molecule has 0 atom stereocenters. The molecule has 3 nitrogen and oxygen atoms in total. The van der Waals surface area contributed by atoms with Crippen LogP contribution in [0.2, 0.25) is 0 Å². The Kier molecular flexibility index (Phi) is 19.2. The summed E-state index contributed by atoms with van der Waals surface area (Å²) in [5, 5.41) is 4.01. The van der Waals surface area contributed by atoms with Gasteiger partial charge in [0.15, 0.2) is 0 Å². The molecule has 1 radical (unpaired) electrons. The molecule has 0 spiro atoms. The first-order valence-electron chi connectivity index (χ1n) is 6.48. The molecule has 0 aliphatic carbocycles. The van der Waals surface area contributed by atoms with Crippen LogP contribution in [0.25, 0.3) is 5.32 Å². The van der Waals surface area contributed by atoms with Gasteiger partial charge in [0.25, 0.3) is 0 Å². The van der Waals surface area contributed by atoms with E-state index in [0.29, 0.717) is 0 Å². The molecule has 0 fully saturated rings. The first kappa shape index (κ1) is 19.8. The van der Waals surface area contributed by atoms with Crippen LogP contribution in [0.15, 0.2) is 0 Å². The van der Waals surface area contributed by atoms with Crippen LogP contribution in [0.3, 0.4) is 0 Å². The van der Waals surface area contributed by atoms with Crippen molar-refractivity contribution >= 4 is 0 Å². The number of ether oxygens (including phenoxy) is 2. The van der Waals surface area contributed by atoms with E-state index >= 15 is 0 Å². The summed E-state index contributed by atoms with van der Waals surface area (Å²) in [7, 11) is 1.84. The third-order valence-corrected chi connectivity index (χ3v) is 2.32. The van der Waals surface area contributed by atoms with E-state index in [-0.39, 0.29) is 18.6 Å². The molecule has 0 rings (SSSR count). The molecule has 0 unspecified atom stereocenters. The molecule has 0 aliphatic heterocycles. The Labute approximate surface area is 119 Å². The zero-order chi connectivity index (χ0) is 12.1. The maximum absolute atomic E-state index is 5.51. The molecule has 0 amide bonds. The monoisotopic (exact) mass is 281 g/mol. The van der Waals surface area contributed by atoms with Gasteiger partial charge in [0.2, 0.25) is 0 Å². The molecule has 0 N–H and O–H groups in total. The largest absolute Gasteiger partial charge is 0.665 e. The van der Waals surface area contributed by atoms with E-state index < -0.39 is 0 Å². The van der Waals surface area contributed by atoms with Gasteiger partial charge in [0.1, 0.15) is 0 Å². The second-order valence-electron chi connectivity index (χ2n) is 4.51. The average Bonchev–Trinajstić information content (AvgIpc) is 2.25. The second kappa shape index (κ2) is 16.5. The van der Waals surface area contributed by atoms with Crippen LogP contribution in [0, 0.1) is 5.92 Å². The van der Waals surface area contributed by atoms with Crippen molar-refractivity contribution in [3.8, 4) is 0 Å². The Morgan fingerprint density at radius 2 is 1.41 bits per heavy atom. The molecular weight excluding hydrogens is 253 g/mol. The molecule has 0 bridgehead atoms. The standard InChI is InChI=1S/C13H28NO2.V/c1-13(2)7-4-9-15-11-6-12-16-10-5-8-14-3;/h13H,4-12H2,1-3H3;/q-1;. The average molecular weight is 281 g/mol. The van der Waals surface area contributed by atoms with E-state index in [1.807, 2.05) is 7.05 Å². The van der Waals surface area contributed by atoms with Crippen LogP contribution in [-0.2, 0) is 28.0 Å². The van der Waals surface area contributed by atoms with E-state index in [4.69, 9.17) is 9.47 Å². The fraction of sp³-hybridized carbons (Fsp3) is 1.00. The van der Waals surface area contributed by atoms with E-state index in [0.717, 1.165) is 51.7 Å². The van der Waals surface area contributed by atoms with Crippen molar-refractivity contribution in [2.24, 2.45) is 5.92 Å². The molecule has 17 heavy (non-hydrogen) atoms. The Morgan fingerprint density at radius 3 is 1.94 bits per heavy atom. The Bertz CT molecular complexity index is 135. The Balaban J connectivity index is 0. The zero-order valence-electron chi connectivity index (χ0n) is 11.7. The summed E-state index contributed by atoms with van der Waals surface area (Å²) < 4.78 is 11.0. The van der Waals surface area contributed by atoms with E-state index in [9.17, 15) is 0 Å². The molecule has 0 aromatic heterocycles. The van der Waals surface area contributed by atoms with Crippen LogP contribution < -0.4 is 0 Å². The van der Waals surface area contributed by atoms with Crippen LogP contribution in [0.4, 0.5) is 0 Å². The van der Waals surface area contributed by atoms with Crippen molar-refractivity contribution in [3.63, 3.8) is 0 Å². The van der Waals surface area contributed by atoms with Gasteiger partial charge in [0, 0.05) is 45.0 Å². The summed E-state index contributed by atoms with van der Waals surface area (Å²) in [6, 6.07) is 0. The maximum Gasteiger partial charge on any atom is 0.0487 e. The molecule has 0 saturated carbocycles. The summed E-state index contributed by atoms with van der Waals surface area (Å²) in [4.78, 5) is 0. The fourth-order valence-corrected chi connectivity index (χ4v) is 1.39. The van der Waals surface area contributed by atoms with Crippen LogP contribution in [0.5, 0.6) is 0 Å². The van der Waals surface area contributed by atoms with E-state index in [1.54, 1.807) is 0 Å². The third-order valence-electron chi connectivity index (χ3n) is 2.32. The number of hydrogen-bond donors (Lipinski definition) is 0. The van der Waals surface area contributed by atoms with Crippen molar-refractivity contribution in [3.05, 3.63) is 5.32 Å². The predicted molar refractivity (Wildman–Crippen MR) is 69.1 cm³/mol. The number of hydrogen-bond acceptors (Lipinski definition) is 2. The topological polar surface area (TPSA) is 32.6 Å². The normalized spacial score (nSPS) is 10.6. The molecule has 103 valence electrons. The quantitative estimate of drug-likeness (QED) is 0.514. The smallest absolute Gasteiger partial charge is 0.0487 e. The van der Waals surface area contributed by atoms with Gasteiger partial charge in [0.05, 0.1) is 0 Å². The minimum absolute atomic E-state index is 0. The van der Waals surface area contributed by atoms with Crippen molar-refractivity contribution < 1.29 is 28.0 Å². The van der Waals surface area contributed by atoms with Crippen LogP contribution in [0.1, 0.15) is 39.5 Å². The van der Waals surface area contributed by atoms with Crippen molar-refractivity contribution in [1.29, 1.82) is 0 Å². The Hall–Kier alpha value is 0.464. The molecule has 0 saturated heterocycles. The first-order valence-corrected chi connectivity index (χ1v) is 6.48. The molecule has 0 aromatic rings. The van der Waals surface area contributed by atoms with Gasteiger partial charge in [-0.05, 0) is 31.6 Å². The molecular formula is C13H28NO2V-. The maximum atomic E-state index is 5.51. The summed E-state index contributed by atoms with van der Waals surface area (Å²) >= 11 is 0. The summed E-state index contributed by atoms with van der Waals surface area (Å²) in [5.41, 5.74) is 0. The van der Waals surface area contributed by atoms with Gasteiger partial charge < -0.3 is 14.8 Å². The van der Waals surface area contributed by atoms with Gasteiger partial charge in [-0.3, -0.25) is 0 Å². The molecule has 0 aromatic carbocycles. The summed E-state index contributed by atoms with van der Waals surface area (Å²) in [6.07, 6.45) is 4.48. The van der Waals surface area contributed by atoms with E-state index in [2.05, 4.69) is 19.2 Å². The summed E-state index contributed by atoms with van der Waals surface area (Å²) in [5.74, 6) is 0.788. The van der Waals surface area contributed by atoms with Crippen LogP contribution >= 0.6 is 0 Å². The zero-order valence-corrected chi connectivity index (χ0v) is 13.0. The Morgan fingerprint density at radius 1 is 0.882 bits per heavy atom. The number of rotatable bonds is 12. The summed E-state index contributed by atoms with van der Waals surface area (Å²) in [6.45, 7) is 8.76. The minimum atomic E-state index is 0. The van der Waals surface area contributed by atoms with Gasteiger partial charge in [-0.15, -0.1) is 6.54 Å². The first-order chi connectivity index (χ1) is 7.77. The second-order valence-corrected chi connectivity index (χ2v) is 4.51. The molecule has 0 heterocycles. The van der Waals surface area contributed by atoms with Crippen LogP contribution in [-0.4, -0.2) is 40.0 Å².